The largest absolute Gasteiger partial charge is 0.316 e. The molecule has 0 aliphatic carbocycles. The minimum atomic E-state index is 0.428. The summed E-state index contributed by atoms with van der Waals surface area (Å²) in [5, 5.41) is 7.22. The van der Waals surface area contributed by atoms with Crippen LogP contribution < -0.4 is 10.6 Å². The van der Waals surface area contributed by atoms with Gasteiger partial charge in [-0.2, -0.15) is 0 Å². The summed E-state index contributed by atoms with van der Waals surface area (Å²) in [6, 6.07) is 0.797. The molecule has 0 aromatic rings. The lowest BCUT2D eigenvalue weighted by molar-refractivity contribution is 0.252. The molecule has 1 fully saturated rings. The van der Waals surface area contributed by atoms with E-state index >= 15 is 0 Å². The van der Waals surface area contributed by atoms with Crippen LogP contribution in [0.4, 0.5) is 0 Å². The molecule has 0 aromatic carbocycles. The van der Waals surface area contributed by atoms with E-state index in [0.717, 1.165) is 18.5 Å². The van der Waals surface area contributed by atoms with Gasteiger partial charge in [0.05, 0.1) is 0 Å². The van der Waals surface area contributed by atoms with E-state index in [-0.39, 0.29) is 0 Å². The lowest BCUT2D eigenvalue weighted by atomic mass is 9.82. The van der Waals surface area contributed by atoms with E-state index in [0.29, 0.717) is 5.41 Å². The van der Waals surface area contributed by atoms with Crippen LogP contribution in [0.2, 0.25) is 0 Å². The molecule has 1 rings (SSSR count). The SMILES string of the molecule is CC(CNCCCC1CCCCN1)C(C)(C)C. The van der Waals surface area contributed by atoms with E-state index in [1.165, 1.54) is 45.2 Å². The maximum absolute atomic E-state index is 3.62. The third-order valence-corrected chi connectivity index (χ3v) is 4.25. The van der Waals surface area contributed by atoms with E-state index in [1.807, 2.05) is 0 Å². The van der Waals surface area contributed by atoms with E-state index in [2.05, 4.69) is 38.3 Å². The van der Waals surface area contributed by atoms with Gasteiger partial charge in [-0.15, -0.1) is 0 Å². The Labute approximate surface area is 108 Å². The van der Waals surface area contributed by atoms with Gasteiger partial charge in [0.25, 0.3) is 0 Å². The third kappa shape index (κ3) is 6.42. The molecule has 1 aliphatic heterocycles. The van der Waals surface area contributed by atoms with Crippen molar-refractivity contribution in [3.05, 3.63) is 0 Å². The summed E-state index contributed by atoms with van der Waals surface area (Å²) in [6.45, 7) is 12.9. The average molecular weight is 240 g/mol. The smallest absolute Gasteiger partial charge is 0.00675 e. The highest BCUT2D eigenvalue weighted by Gasteiger charge is 2.19. The Bertz CT molecular complexity index is 190. The normalized spacial score (nSPS) is 23.6. The molecule has 0 radical (unpaired) electrons. The Morgan fingerprint density at radius 2 is 2.06 bits per heavy atom. The molecule has 1 heterocycles. The summed E-state index contributed by atoms with van der Waals surface area (Å²) in [4.78, 5) is 0. The molecule has 1 aliphatic rings. The van der Waals surface area contributed by atoms with Crippen molar-refractivity contribution in [3.63, 3.8) is 0 Å². The topological polar surface area (TPSA) is 24.1 Å². The molecule has 2 N–H and O–H groups in total. The number of nitrogens with one attached hydrogen (secondary N) is 2. The molecule has 17 heavy (non-hydrogen) atoms. The number of piperidine rings is 1. The van der Waals surface area contributed by atoms with Gasteiger partial charge in [-0.1, -0.05) is 34.1 Å². The summed E-state index contributed by atoms with van der Waals surface area (Å²) in [7, 11) is 0. The molecule has 0 amide bonds. The predicted octanol–water partition coefficient (Wildman–Crippen LogP) is 3.18. The Balaban J connectivity index is 1.97. The van der Waals surface area contributed by atoms with Crippen LogP contribution in [-0.4, -0.2) is 25.7 Å². The van der Waals surface area contributed by atoms with Crippen molar-refractivity contribution in [3.8, 4) is 0 Å². The van der Waals surface area contributed by atoms with Gasteiger partial charge in [-0.25, -0.2) is 0 Å². The highest BCUT2D eigenvalue weighted by molar-refractivity contribution is 4.74. The second-order valence-corrected chi connectivity index (χ2v) is 6.76. The summed E-state index contributed by atoms with van der Waals surface area (Å²) >= 11 is 0. The van der Waals surface area contributed by atoms with Crippen LogP contribution in [0.25, 0.3) is 0 Å². The van der Waals surface area contributed by atoms with Crippen molar-refractivity contribution in [1.82, 2.24) is 10.6 Å². The first-order valence-corrected chi connectivity index (χ1v) is 7.44. The van der Waals surface area contributed by atoms with Crippen LogP contribution in [0.15, 0.2) is 0 Å². The molecule has 0 aromatic heterocycles. The van der Waals surface area contributed by atoms with E-state index in [1.54, 1.807) is 0 Å². The summed E-state index contributed by atoms with van der Waals surface area (Å²) in [5.74, 6) is 0.746. The second kappa shape index (κ2) is 7.38. The Kier molecular flexibility index (Phi) is 6.50. The van der Waals surface area contributed by atoms with Crippen molar-refractivity contribution in [2.75, 3.05) is 19.6 Å². The van der Waals surface area contributed by atoms with E-state index < -0.39 is 0 Å². The summed E-state index contributed by atoms with van der Waals surface area (Å²) < 4.78 is 0. The van der Waals surface area contributed by atoms with Crippen molar-refractivity contribution in [2.45, 2.75) is 65.8 Å². The maximum Gasteiger partial charge on any atom is 0.00675 e. The van der Waals surface area contributed by atoms with Gasteiger partial charge < -0.3 is 10.6 Å². The van der Waals surface area contributed by atoms with Crippen molar-refractivity contribution in [1.29, 1.82) is 0 Å². The third-order valence-electron chi connectivity index (χ3n) is 4.25. The Morgan fingerprint density at radius 1 is 1.29 bits per heavy atom. The minimum Gasteiger partial charge on any atom is -0.316 e. The van der Waals surface area contributed by atoms with Crippen molar-refractivity contribution >= 4 is 0 Å². The van der Waals surface area contributed by atoms with Crippen LogP contribution in [0, 0.1) is 11.3 Å². The fourth-order valence-electron chi connectivity index (χ4n) is 2.27. The molecule has 0 saturated carbocycles. The van der Waals surface area contributed by atoms with Crippen molar-refractivity contribution in [2.24, 2.45) is 11.3 Å². The van der Waals surface area contributed by atoms with E-state index in [9.17, 15) is 0 Å². The number of rotatable bonds is 6. The molecule has 0 spiro atoms. The number of hydrogen-bond donors (Lipinski definition) is 2. The minimum absolute atomic E-state index is 0.428. The molecule has 2 heteroatoms. The highest BCUT2D eigenvalue weighted by atomic mass is 14.9. The number of hydrogen-bond acceptors (Lipinski definition) is 2. The molecule has 102 valence electrons. The van der Waals surface area contributed by atoms with Crippen LogP contribution >= 0.6 is 0 Å². The molecule has 0 bridgehead atoms. The quantitative estimate of drug-likeness (QED) is 0.697. The molecule has 2 nitrogen and oxygen atoms in total. The first-order valence-electron chi connectivity index (χ1n) is 7.44. The van der Waals surface area contributed by atoms with Crippen LogP contribution in [-0.2, 0) is 0 Å². The average Bonchev–Trinajstić information content (AvgIpc) is 2.28. The van der Waals surface area contributed by atoms with Gasteiger partial charge in [-0.05, 0) is 56.7 Å². The predicted molar refractivity (Wildman–Crippen MR) is 76.4 cm³/mol. The van der Waals surface area contributed by atoms with Gasteiger partial charge in [0.15, 0.2) is 0 Å². The van der Waals surface area contributed by atoms with Crippen molar-refractivity contribution < 1.29 is 0 Å². The molecule has 1 saturated heterocycles. The van der Waals surface area contributed by atoms with Crippen LogP contribution in [0.5, 0.6) is 0 Å². The zero-order valence-corrected chi connectivity index (χ0v) is 12.3. The second-order valence-electron chi connectivity index (χ2n) is 6.76. The maximum atomic E-state index is 3.62. The van der Waals surface area contributed by atoms with Gasteiger partial charge in [0.2, 0.25) is 0 Å². The Hall–Kier alpha value is -0.0800. The van der Waals surface area contributed by atoms with Gasteiger partial charge in [-0.3, -0.25) is 0 Å². The lowest BCUT2D eigenvalue weighted by Gasteiger charge is -2.27. The van der Waals surface area contributed by atoms with Gasteiger partial charge in [0.1, 0.15) is 0 Å². The fourth-order valence-corrected chi connectivity index (χ4v) is 2.27. The van der Waals surface area contributed by atoms with Crippen LogP contribution in [0.3, 0.4) is 0 Å². The van der Waals surface area contributed by atoms with E-state index in [4.69, 9.17) is 0 Å². The Morgan fingerprint density at radius 3 is 2.65 bits per heavy atom. The van der Waals surface area contributed by atoms with Crippen LogP contribution in [0.1, 0.15) is 59.8 Å². The first kappa shape index (κ1) is 15.0. The zero-order valence-electron chi connectivity index (χ0n) is 12.3. The lowest BCUT2D eigenvalue weighted by Crippen LogP contribution is -2.35. The standard InChI is InChI=1S/C15H32N2/c1-13(15(2,3)4)12-16-10-7-9-14-8-5-6-11-17-14/h13-14,16-17H,5-12H2,1-4H3. The molecular formula is C15H32N2. The summed E-state index contributed by atoms with van der Waals surface area (Å²) in [6.07, 6.45) is 6.84. The molecule has 2 atom stereocenters. The fraction of sp³-hybridized carbons (Fsp3) is 1.00. The first-order chi connectivity index (χ1) is 8.00. The van der Waals surface area contributed by atoms with Gasteiger partial charge in [0, 0.05) is 6.04 Å². The molecular weight excluding hydrogens is 208 g/mol. The monoisotopic (exact) mass is 240 g/mol. The highest BCUT2D eigenvalue weighted by Crippen LogP contribution is 2.24. The molecule has 2 unspecified atom stereocenters. The summed E-state index contributed by atoms with van der Waals surface area (Å²) in [5.41, 5.74) is 0.428. The zero-order chi connectivity index (χ0) is 12.7. The van der Waals surface area contributed by atoms with Gasteiger partial charge >= 0.3 is 0 Å².